The number of fused-ring (bicyclic) bond motifs is 1. The van der Waals surface area contributed by atoms with Gasteiger partial charge in [-0.15, -0.1) is 0 Å². The minimum Gasteiger partial charge on any atom is -0.394 e. The van der Waals surface area contributed by atoms with E-state index in [0.717, 1.165) is 30.5 Å². The summed E-state index contributed by atoms with van der Waals surface area (Å²) in [6.45, 7) is 5.19. The maximum atomic E-state index is 13.6. The van der Waals surface area contributed by atoms with E-state index in [4.69, 9.17) is 0 Å². The summed E-state index contributed by atoms with van der Waals surface area (Å²) >= 11 is 0. The first-order valence-corrected chi connectivity index (χ1v) is 13.6. The van der Waals surface area contributed by atoms with Crippen LogP contribution in [-0.2, 0) is 17.1 Å². The minimum absolute atomic E-state index is 0.0910. The normalized spacial score (nSPS) is 20.0. The van der Waals surface area contributed by atoms with Gasteiger partial charge in [0.2, 0.25) is 5.91 Å². The number of piperidine rings is 1. The van der Waals surface area contributed by atoms with Crippen molar-refractivity contribution in [1.29, 1.82) is 0 Å². The maximum absolute atomic E-state index is 13.6. The number of allylic oxidation sites excluding steroid dienone is 2. The van der Waals surface area contributed by atoms with Crippen molar-refractivity contribution in [2.24, 2.45) is 11.8 Å². The van der Waals surface area contributed by atoms with Gasteiger partial charge >= 0.3 is 18.4 Å². The lowest BCUT2D eigenvalue weighted by molar-refractivity contribution is -0.141. The van der Waals surface area contributed by atoms with Gasteiger partial charge in [-0.25, -0.2) is 4.79 Å². The van der Waals surface area contributed by atoms with Crippen LogP contribution in [0.3, 0.4) is 0 Å². The summed E-state index contributed by atoms with van der Waals surface area (Å²) < 4.78 is 79.2. The van der Waals surface area contributed by atoms with Crippen LogP contribution in [0.2, 0.25) is 0 Å². The molecule has 2 unspecified atom stereocenters. The second kappa shape index (κ2) is 12.0. The van der Waals surface area contributed by atoms with E-state index in [1.165, 1.54) is 6.07 Å². The first-order chi connectivity index (χ1) is 20.0. The molecule has 3 amide bonds. The molecular formula is C30H32F6N4O3. The van der Waals surface area contributed by atoms with Crippen molar-refractivity contribution >= 4 is 17.5 Å². The Balaban J connectivity index is 1.65. The van der Waals surface area contributed by atoms with Crippen molar-refractivity contribution in [1.82, 2.24) is 20.5 Å². The largest absolute Gasteiger partial charge is 0.433 e. The summed E-state index contributed by atoms with van der Waals surface area (Å²) in [6.07, 6.45) is -4.85. The van der Waals surface area contributed by atoms with Gasteiger partial charge in [-0.3, -0.25) is 9.78 Å². The third-order valence-corrected chi connectivity index (χ3v) is 7.32. The zero-order chi connectivity index (χ0) is 31.7. The number of alkyl halides is 6. The molecule has 0 saturated carbocycles. The van der Waals surface area contributed by atoms with Crippen LogP contribution in [0.4, 0.5) is 31.1 Å². The van der Waals surface area contributed by atoms with Gasteiger partial charge < -0.3 is 20.6 Å². The van der Waals surface area contributed by atoms with Gasteiger partial charge in [-0.1, -0.05) is 35.9 Å². The zero-order valence-corrected chi connectivity index (χ0v) is 23.7. The van der Waals surface area contributed by atoms with Gasteiger partial charge in [0.05, 0.1) is 24.1 Å². The first kappa shape index (κ1) is 32.1. The van der Waals surface area contributed by atoms with Crippen LogP contribution in [0.15, 0.2) is 60.3 Å². The summed E-state index contributed by atoms with van der Waals surface area (Å²) in [5.74, 6) is -2.07. The number of carbonyl (C=O) groups is 2. The Kier molecular flexibility index (Phi) is 8.96. The second-order valence-electron chi connectivity index (χ2n) is 11.6. The number of aliphatic hydroxyl groups excluding tert-OH is 1. The highest BCUT2D eigenvalue weighted by molar-refractivity contribution is 5.87. The van der Waals surface area contributed by atoms with Crippen molar-refractivity contribution in [3.63, 3.8) is 0 Å². The maximum Gasteiger partial charge on any atom is 0.433 e. The van der Waals surface area contributed by atoms with Crippen molar-refractivity contribution in [3.8, 4) is 0 Å². The summed E-state index contributed by atoms with van der Waals surface area (Å²) in [4.78, 5) is 31.5. The number of hydrogen-bond acceptors (Lipinski definition) is 4. The number of benzene rings is 1. The van der Waals surface area contributed by atoms with Crippen molar-refractivity contribution in [2.45, 2.75) is 51.1 Å². The molecule has 0 radical (unpaired) electrons. The average Bonchev–Trinajstić information content (AvgIpc) is 2.93. The molecule has 7 nitrogen and oxygen atoms in total. The lowest BCUT2D eigenvalue weighted by atomic mass is 9.73. The summed E-state index contributed by atoms with van der Waals surface area (Å²) in [7, 11) is 0. The van der Waals surface area contributed by atoms with Crippen LogP contribution in [-0.4, -0.2) is 52.2 Å². The molecule has 1 aromatic carbocycles. The van der Waals surface area contributed by atoms with E-state index in [0.29, 0.717) is 23.1 Å². The summed E-state index contributed by atoms with van der Waals surface area (Å²) in [5, 5.41) is 15.5. The van der Waals surface area contributed by atoms with E-state index in [2.05, 4.69) is 15.6 Å². The molecule has 0 spiro atoms. The Labute approximate surface area is 244 Å². The molecule has 1 aromatic heterocycles. The number of halogens is 6. The monoisotopic (exact) mass is 610 g/mol. The summed E-state index contributed by atoms with van der Waals surface area (Å²) in [5.41, 5.74) is -0.771. The van der Waals surface area contributed by atoms with Crippen LogP contribution in [0.25, 0.3) is 5.57 Å². The molecule has 3 atom stereocenters. The third kappa shape index (κ3) is 7.56. The van der Waals surface area contributed by atoms with E-state index >= 15 is 0 Å². The molecule has 0 bridgehead atoms. The lowest BCUT2D eigenvalue weighted by Gasteiger charge is -2.41. The fraction of sp³-hybridized carbons (Fsp3) is 0.433. The van der Waals surface area contributed by atoms with Gasteiger partial charge in [0.1, 0.15) is 5.69 Å². The SMILES string of the molecule is CC(C)(C)NC(=O)N1CCC2=C(c3cccc(C(F)(F)F)c3)C=CC(C(=O)N[C@H](CO)c3ccc(C(F)(F)F)nc3)C2C1. The number of aromatic nitrogens is 1. The molecule has 1 saturated heterocycles. The highest BCUT2D eigenvalue weighted by Gasteiger charge is 2.40. The number of pyridine rings is 1. The van der Waals surface area contributed by atoms with E-state index in [9.17, 15) is 41.0 Å². The Hall–Kier alpha value is -3.87. The van der Waals surface area contributed by atoms with Crippen LogP contribution in [0.5, 0.6) is 0 Å². The van der Waals surface area contributed by atoms with E-state index in [1.807, 2.05) is 20.8 Å². The Morgan fingerprint density at radius 3 is 2.37 bits per heavy atom. The van der Waals surface area contributed by atoms with E-state index in [1.54, 1.807) is 23.1 Å². The van der Waals surface area contributed by atoms with Crippen LogP contribution < -0.4 is 10.6 Å². The van der Waals surface area contributed by atoms with Crippen LogP contribution in [0.1, 0.15) is 55.6 Å². The molecule has 232 valence electrons. The number of rotatable bonds is 5. The van der Waals surface area contributed by atoms with Crippen molar-refractivity contribution in [3.05, 3.63) is 82.7 Å². The molecule has 3 N–H and O–H groups in total. The van der Waals surface area contributed by atoms with Gasteiger partial charge in [-0.05, 0) is 62.1 Å². The topological polar surface area (TPSA) is 94.6 Å². The van der Waals surface area contributed by atoms with E-state index < -0.39 is 59.5 Å². The number of hydrogen-bond donors (Lipinski definition) is 3. The third-order valence-electron chi connectivity index (χ3n) is 7.32. The van der Waals surface area contributed by atoms with Gasteiger partial charge in [0.25, 0.3) is 0 Å². The van der Waals surface area contributed by atoms with Crippen LogP contribution >= 0.6 is 0 Å². The standard InChI is InChI=1S/C30H32F6N4O3/c1-28(2,3)39-27(43)40-12-11-21-20(17-5-4-6-19(13-17)29(31,32)33)8-9-22(23(21)15-40)26(42)38-24(16-41)18-7-10-25(37-14-18)30(34,35)36/h4-10,13-14,22-24,41H,11-12,15-16H2,1-3H3,(H,38,42)(H,39,43)/t22?,23?,24-/m1/s1. The van der Waals surface area contributed by atoms with Crippen molar-refractivity contribution in [2.75, 3.05) is 19.7 Å². The molecule has 2 aromatic rings. The number of carbonyl (C=O) groups excluding carboxylic acids is 2. The zero-order valence-electron chi connectivity index (χ0n) is 23.7. The molecule has 2 heterocycles. The fourth-order valence-corrected chi connectivity index (χ4v) is 5.27. The van der Waals surface area contributed by atoms with E-state index in [-0.39, 0.29) is 24.7 Å². The number of amides is 3. The number of nitrogens with zero attached hydrogens (tertiary/aromatic N) is 2. The Morgan fingerprint density at radius 1 is 1.07 bits per heavy atom. The second-order valence-corrected chi connectivity index (χ2v) is 11.6. The number of urea groups is 1. The van der Waals surface area contributed by atoms with Crippen LogP contribution in [0, 0.1) is 11.8 Å². The van der Waals surface area contributed by atoms with Gasteiger partial charge in [0.15, 0.2) is 0 Å². The average molecular weight is 611 g/mol. The molecule has 13 heteroatoms. The van der Waals surface area contributed by atoms with Gasteiger partial charge in [-0.2, -0.15) is 26.3 Å². The minimum atomic E-state index is -4.66. The fourth-order valence-electron chi connectivity index (χ4n) is 5.27. The Bertz CT molecular complexity index is 1410. The highest BCUT2D eigenvalue weighted by Crippen LogP contribution is 2.41. The molecule has 1 aliphatic heterocycles. The molecule has 2 aliphatic rings. The smallest absolute Gasteiger partial charge is 0.394 e. The predicted octanol–water partition coefficient (Wildman–Crippen LogP) is 5.74. The molecule has 43 heavy (non-hydrogen) atoms. The quantitative estimate of drug-likeness (QED) is 0.377. The molecule has 1 aliphatic carbocycles. The number of likely N-dealkylation sites (tertiary alicyclic amines) is 1. The highest BCUT2D eigenvalue weighted by atomic mass is 19.4. The lowest BCUT2D eigenvalue weighted by Crippen LogP contribution is -2.53. The number of nitrogens with one attached hydrogen (secondary N) is 2. The van der Waals surface area contributed by atoms with Crippen molar-refractivity contribution < 1.29 is 41.0 Å². The summed E-state index contributed by atoms with van der Waals surface area (Å²) in [6, 6.07) is 5.31. The molecular weight excluding hydrogens is 578 g/mol. The predicted molar refractivity (Wildman–Crippen MR) is 146 cm³/mol. The molecule has 4 rings (SSSR count). The number of aliphatic hydroxyl groups is 1. The first-order valence-electron chi connectivity index (χ1n) is 13.6. The molecule has 1 fully saturated rings. The van der Waals surface area contributed by atoms with Gasteiger partial charge in [0, 0.05) is 30.7 Å². The Morgan fingerprint density at radius 2 is 1.79 bits per heavy atom.